The quantitative estimate of drug-likeness (QED) is 0.842. The lowest BCUT2D eigenvalue weighted by Gasteiger charge is -2.22. The number of hydrogen-bond acceptors (Lipinski definition) is 5. The van der Waals surface area contributed by atoms with Crippen LogP contribution in [-0.2, 0) is 4.74 Å². The van der Waals surface area contributed by atoms with Crippen LogP contribution in [0.2, 0.25) is 5.28 Å². The molecule has 1 aliphatic heterocycles. The summed E-state index contributed by atoms with van der Waals surface area (Å²) in [5, 5.41) is 4.11. The Morgan fingerprint density at radius 2 is 2.08 bits per heavy atom. The van der Waals surface area contributed by atoms with Crippen molar-refractivity contribution in [2.45, 2.75) is 38.8 Å². The number of aromatic nitrogens is 2. The summed E-state index contributed by atoms with van der Waals surface area (Å²) in [6, 6.07) is 7.79. The lowest BCUT2D eigenvalue weighted by Crippen LogP contribution is -2.40. The highest BCUT2D eigenvalue weighted by Crippen LogP contribution is 2.28. The van der Waals surface area contributed by atoms with E-state index in [0.717, 1.165) is 29.7 Å². The minimum Gasteiger partial charge on any atom is -0.444 e. The fraction of sp³-hybridized carbons (Fsp3) is 0.471. The van der Waals surface area contributed by atoms with E-state index in [1.165, 1.54) is 0 Å². The number of halogens is 1. The third-order valence-corrected chi connectivity index (χ3v) is 3.93. The number of hydrogen-bond donors (Lipinski definition) is 1. The molecule has 0 aliphatic carbocycles. The van der Waals surface area contributed by atoms with Crippen LogP contribution in [0.25, 0.3) is 10.9 Å². The van der Waals surface area contributed by atoms with Crippen molar-refractivity contribution in [3.8, 4) is 0 Å². The van der Waals surface area contributed by atoms with Crippen LogP contribution in [0.3, 0.4) is 0 Å². The SMILES string of the molecule is CC(C)(C)OC(=O)NC1CCN(c2nc(Cl)nc3ccccc23)C1. The molecule has 1 aromatic carbocycles. The molecule has 128 valence electrons. The van der Waals surface area contributed by atoms with Crippen LogP contribution in [0, 0.1) is 0 Å². The predicted octanol–water partition coefficient (Wildman–Crippen LogP) is 3.39. The maximum Gasteiger partial charge on any atom is 0.407 e. The molecule has 1 aliphatic rings. The molecule has 1 atom stereocenters. The van der Waals surface area contributed by atoms with E-state index in [0.29, 0.717) is 6.54 Å². The Kier molecular flexibility index (Phi) is 4.49. The van der Waals surface area contributed by atoms with Crippen molar-refractivity contribution in [3.05, 3.63) is 29.5 Å². The molecule has 0 radical (unpaired) electrons. The summed E-state index contributed by atoms with van der Waals surface area (Å²) in [5.41, 5.74) is 0.315. The van der Waals surface area contributed by atoms with E-state index in [9.17, 15) is 4.79 Å². The number of rotatable bonds is 2. The smallest absolute Gasteiger partial charge is 0.407 e. The zero-order valence-electron chi connectivity index (χ0n) is 14.0. The molecule has 7 heteroatoms. The monoisotopic (exact) mass is 348 g/mol. The molecular formula is C17H21ClN4O2. The first-order valence-corrected chi connectivity index (χ1v) is 8.36. The molecule has 1 saturated heterocycles. The van der Waals surface area contributed by atoms with Gasteiger partial charge in [-0.3, -0.25) is 0 Å². The van der Waals surface area contributed by atoms with Crippen molar-refractivity contribution in [2.24, 2.45) is 0 Å². The van der Waals surface area contributed by atoms with E-state index in [2.05, 4.69) is 20.2 Å². The Hall–Kier alpha value is -2.08. The summed E-state index contributed by atoms with van der Waals surface area (Å²) in [5.74, 6) is 0.805. The lowest BCUT2D eigenvalue weighted by atomic mass is 10.2. The third-order valence-electron chi connectivity index (χ3n) is 3.76. The third kappa shape index (κ3) is 3.87. The van der Waals surface area contributed by atoms with Crippen molar-refractivity contribution in [3.63, 3.8) is 0 Å². The maximum atomic E-state index is 11.9. The number of carbonyl (C=O) groups excluding carboxylic acids is 1. The zero-order chi connectivity index (χ0) is 17.3. The van der Waals surface area contributed by atoms with Gasteiger partial charge in [-0.15, -0.1) is 0 Å². The number of nitrogens with zero attached hydrogens (tertiary/aromatic N) is 3. The summed E-state index contributed by atoms with van der Waals surface area (Å²) < 4.78 is 5.31. The van der Waals surface area contributed by atoms with Crippen molar-refractivity contribution >= 4 is 34.4 Å². The first-order chi connectivity index (χ1) is 11.3. The number of para-hydroxylation sites is 1. The zero-order valence-corrected chi connectivity index (χ0v) is 14.8. The molecule has 6 nitrogen and oxygen atoms in total. The number of benzene rings is 1. The van der Waals surface area contributed by atoms with Gasteiger partial charge in [-0.05, 0) is 50.9 Å². The van der Waals surface area contributed by atoms with Gasteiger partial charge in [-0.2, -0.15) is 4.98 Å². The topological polar surface area (TPSA) is 67.3 Å². The van der Waals surface area contributed by atoms with Crippen LogP contribution in [0.4, 0.5) is 10.6 Å². The fourth-order valence-electron chi connectivity index (χ4n) is 2.82. The highest BCUT2D eigenvalue weighted by molar-refractivity contribution is 6.28. The molecule has 3 rings (SSSR count). The van der Waals surface area contributed by atoms with Gasteiger partial charge in [0.1, 0.15) is 11.4 Å². The number of ether oxygens (including phenoxy) is 1. The Bertz CT molecular complexity index is 760. The van der Waals surface area contributed by atoms with E-state index in [-0.39, 0.29) is 17.4 Å². The van der Waals surface area contributed by atoms with Crippen LogP contribution < -0.4 is 10.2 Å². The average molecular weight is 349 g/mol. The number of carbonyl (C=O) groups is 1. The van der Waals surface area contributed by atoms with Gasteiger partial charge < -0.3 is 15.0 Å². The summed E-state index contributed by atoms with van der Waals surface area (Å²) >= 11 is 6.06. The van der Waals surface area contributed by atoms with Gasteiger partial charge in [-0.1, -0.05) is 12.1 Å². The molecule has 24 heavy (non-hydrogen) atoms. The molecular weight excluding hydrogens is 328 g/mol. The average Bonchev–Trinajstić information content (AvgIpc) is 2.92. The number of alkyl carbamates (subject to hydrolysis) is 1. The van der Waals surface area contributed by atoms with Crippen LogP contribution in [0.15, 0.2) is 24.3 Å². The minimum absolute atomic E-state index is 0.0207. The van der Waals surface area contributed by atoms with Gasteiger partial charge in [0.05, 0.1) is 11.6 Å². The fourth-order valence-corrected chi connectivity index (χ4v) is 2.99. The Morgan fingerprint density at radius 3 is 2.83 bits per heavy atom. The standard InChI is InChI=1S/C17H21ClN4O2/c1-17(2,3)24-16(23)19-11-8-9-22(10-11)14-12-6-4-5-7-13(12)20-15(18)21-14/h4-7,11H,8-10H2,1-3H3,(H,19,23). The summed E-state index contributed by atoms with van der Waals surface area (Å²) in [4.78, 5) is 22.7. The molecule has 2 heterocycles. The van der Waals surface area contributed by atoms with E-state index >= 15 is 0 Å². The van der Waals surface area contributed by atoms with Crippen molar-refractivity contribution < 1.29 is 9.53 Å². The first-order valence-electron chi connectivity index (χ1n) is 7.98. The Morgan fingerprint density at radius 1 is 1.33 bits per heavy atom. The Balaban J connectivity index is 1.73. The van der Waals surface area contributed by atoms with E-state index < -0.39 is 5.60 Å². The van der Waals surface area contributed by atoms with Crippen LogP contribution in [0.1, 0.15) is 27.2 Å². The molecule has 0 bridgehead atoms. The van der Waals surface area contributed by atoms with Gasteiger partial charge >= 0.3 is 6.09 Å². The normalized spacial score (nSPS) is 18.0. The second kappa shape index (κ2) is 6.43. The number of nitrogens with one attached hydrogen (secondary N) is 1. The van der Waals surface area contributed by atoms with Gasteiger partial charge in [-0.25, -0.2) is 9.78 Å². The largest absolute Gasteiger partial charge is 0.444 e. The van der Waals surface area contributed by atoms with Crippen LogP contribution >= 0.6 is 11.6 Å². The predicted molar refractivity (Wildman–Crippen MR) is 94.5 cm³/mol. The number of amides is 1. The van der Waals surface area contributed by atoms with Gasteiger partial charge in [0.2, 0.25) is 5.28 Å². The van der Waals surface area contributed by atoms with E-state index in [1.54, 1.807) is 0 Å². The van der Waals surface area contributed by atoms with Crippen LogP contribution in [0.5, 0.6) is 0 Å². The van der Waals surface area contributed by atoms with Crippen molar-refractivity contribution in [1.82, 2.24) is 15.3 Å². The van der Waals surface area contributed by atoms with Crippen molar-refractivity contribution in [2.75, 3.05) is 18.0 Å². The summed E-state index contributed by atoms with van der Waals surface area (Å²) in [7, 11) is 0. The van der Waals surface area contributed by atoms with Gasteiger partial charge in [0.15, 0.2) is 0 Å². The maximum absolute atomic E-state index is 11.9. The highest BCUT2D eigenvalue weighted by atomic mass is 35.5. The van der Waals surface area contributed by atoms with E-state index in [4.69, 9.17) is 16.3 Å². The molecule has 2 aromatic rings. The lowest BCUT2D eigenvalue weighted by molar-refractivity contribution is 0.0509. The molecule has 1 aromatic heterocycles. The molecule has 1 amide bonds. The number of fused-ring (bicyclic) bond motifs is 1. The summed E-state index contributed by atoms with van der Waals surface area (Å²) in [6.07, 6.45) is 0.440. The molecule has 0 spiro atoms. The Labute approximate surface area is 146 Å². The first kappa shape index (κ1) is 16.8. The minimum atomic E-state index is -0.501. The van der Waals surface area contributed by atoms with Crippen molar-refractivity contribution in [1.29, 1.82) is 0 Å². The molecule has 1 N–H and O–H groups in total. The van der Waals surface area contributed by atoms with Gasteiger partial charge in [0, 0.05) is 18.5 Å². The highest BCUT2D eigenvalue weighted by Gasteiger charge is 2.28. The molecule has 1 unspecified atom stereocenters. The van der Waals surface area contributed by atoms with Gasteiger partial charge in [0.25, 0.3) is 0 Å². The number of anilines is 1. The molecule has 1 fully saturated rings. The van der Waals surface area contributed by atoms with Crippen LogP contribution in [-0.4, -0.2) is 40.8 Å². The van der Waals surface area contributed by atoms with E-state index in [1.807, 2.05) is 45.0 Å². The summed E-state index contributed by atoms with van der Waals surface area (Å²) in [6.45, 7) is 7.00. The second-order valence-electron chi connectivity index (χ2n) is 6.91. The molecule has 0 saturated carbocycles. The second-order valence-corrected chi connectivity index (χ2v) is 7.25.